The van der Waals surface area contributed by atoms with Crippen molar-refractivity contribution in [2.45, 2.75) is 39.0 Å². The van der Waals surface area contributed by atoms with Crippen molar-refractivity contribution in [3.8, 4) is 0 Å². The molecule has 0 fully saturated rings. The third-order valence-electron chi connectivity index (χ3n) is 2.29. The maximum Gasteiger partial charge on any atom is 0.438 e. The summed E-state index contributed by atoms with van der Waals surface area (Å²) in [5.41, 5.74) is -0.449. The van der Waals surface area contributed by atoms with Gasteiger partial charge in [-0.1, -0.05) is 25.9 Å². The normalized spacial score (nSPS) is 11.4. The quantitative estimate of drug-likeness (QED) is 0.769. The average molecular weight is 227 g/mol. The third kappa shape index (κ3) is 3.22. The molecule has 0 spiro atoms. The van der Waals surface area contributed by atoms with Gasteiger partial charge in [0.1, 0.15) is 0 Å². The highest BCUT2D eigenvalue weighted by Gasteiger charge is 2.25. The Kier molecular flexibility index (Phi) is 3.87. The highest BCUT2D eigenvalue weighted by molar-refractivity contribution is 5.75. The molecule has 1 aromatic heterocycles. The van der Waals surface area contributed by atoms with Crippen molar-refractivity contribution < 1.29 is 9.32 Å². The molecule has 0 atom stereocenters. The Hall–Kier alpha value is -1.59. The molecule has 0 saturated heterocycles. The second kappa shape index (κ2) is 4.96. The Morgan fingerprint density at radius 1 is 1.56 bits per heavy atom. The van der Waals surface area contributed by atoms with Crippen LogP contribution >= 0.6 is 0 Å². The third-order valence-corrected chi connectivity index (χ3v) is 2.29. The van der Waals surface area contributed by atoms with Crippen LogP contribution in [-0.4, -0.2) is 22.6 Å². The lowest BCUT2D eigenvalue weighted by Gasteiger charge is -2.21. The zero-order valence-corrected chi connectivity index (χ0v) is 9.79. The number of amides is 1. The number of carbonyl (C=O) groups is 1. The Labute approximate surface area is 93.4 Å². The minimum atomic E-state index is -0.581. The molecule has 0 radical (unpaired) electrons. The van der Waals surface area contributed by atoms with Gasteiger partial charge in [0.15, 0.2) is 5.82 Å². The Balaban J connectivity index is 2.58. The molecule has 0 aliphatic rings. The maximum atomic E-state index is 11.3. The molecule has 2 N–H and O–H groups in total. The zero-order chi connectivity index (χ0) is 12.2. The van der Waals surface area contributed by atoms with E-state index >= 15 is 0 Å². The predicted octanol–water partition coefficient (Wildman–Crippen LogP) is 0.557. The van der Waals surface area contributed by atoms with Gasteiger partial charge in [-0.25, -0.2) is 4.79 Å². The molecule has 0 saturated carbocycles. The van der Waals surface area contributed by atoms with Crippen LogP contribution in [0.5, 0.6) is 0 Å². The number of aromatic nitrogens is 2. The van der Waals surface area contributed by atoms with E-state index in [0.717, 1.165) is 6.42 Å². The number of rotatable bonds is 5. The van der Waals surface area contributed by atoms with E-state index in [4.69, 9.17) is 0 Å². The van der Waals surface area contributed by atoms with Gasteiger partial charge in [-0.3, -0.25) is 14.3 Å². The summed E-state index contributed by atoms with van der Waals surface area (Å²) >= 11 is 0. The van der Waals surface area contributed by atoms with Crippen LogP contribution < -0.4 is 11.1 Å². The number of carbonyl (C=O) groups excluding carboxylic acids is 1. The van der Waals surface area contributed by atoms with Crippen LogP contribution in [0, 0.1) is 0 Å². The average Bonchev–Trinajstić information content (AvgIpc) is 2.63. The fourth-order valence-corrected chi connectivity index (χ4v) is 1.24. The van der Waals surface area contributed by atoms with Crippen molar-refractivity contribution >= 4 is 5.91 Å². The Morgan fingerprint density at radius 3 is 2.75 bits per heavy atom. The van der Waals surface area contributed by atoms with E-state index in [1.165, 1.54) is 0 Å². The summed E-state index contributed by atoms with van der Waals surface area (Å²) < 4.78 is 4.43. The van der Waals surface area contributed by atoms with E-state index in [-0.39, 0.29) is 5.91 Å². The molecule has 90 valence electrons. The van der Waals surface area contributed by atoms with Gasteiger partial charge in [0, 0.05) is 18.4 Å². The van der Waals surface area contributed by atoms with Crippen LogP contribution in [0.3, 0.4) is 0 Å². The lowest BCUT2D eigenvalue weighted by Crippen LogP contribution is -2.37. The van der Waals surface area contributed by atoms with Gasteiger partial charge in [-0.15, -0.1) is 0 Å². The molecular formula is C10H17N3O3. The van der Waals surface area contributed by atoms with Crippen LogP contribution in [0.15, 0.2) is 9.32 Å². The molecule has 0 aliphatic carbocycles. The molecule has 1 aromatic rings. The zero-order valence-electron chi connectivity index (χ0n) is 9.79. The fourth-order valence-electron chi connectivity index (χ4n) is 1.24. The second-order valence-electron chi connectivity index (χ2n) is 4.35. The van der Waals surface area contributed by atoms with Gasteiger partial charge < -0.3 is 5.32 Å². The summed E-state index contributed by atoms with van der Waals surface area (Å²) in [5.74, 6) is -0.140. The first-order chi connectivity index (χ1) is 7.45. The Morgan fingerprint density at radius 2 is 2.25 bits per heavy atom. The maximum absolute atomic E-state index is 11.3. The van der Waals surface area contributed by atoms with Crippen molar-refractivity contribution in [3.63, 3.8) is 0 Å². The van der Waals surface area contributed by atoms with Crippen molar-refractivity contribution in [2.24, 2.45) is 0 Å². The van der Waals surface area contributed by atoms with E-state index in [0.29, 0.717) is 18.8 Å². The summed E-state index contributed by atoms with van der Waals surface area (Å²) in [5, 5.41) is 6.41. The van der Waals surface area contributed by atoms with E-state index in [1.807, 2.05) is 20.8 Å². The lowest BCUT2D eigenvalue weighted by molar-refractivity contribution is -0.121. The molecule has 6 heteroatoms. The largest absolute Gasteiger partial charge is 0.438 e. The molecular weight excluding hydrogens is 210 g/mol. The van der Waals surface area contributed by atoms with Gasteiger partial charge >= 0.3 is 5.76 Å². The topological polar surface area (TPSA) is 88.0 Å². The summed E-state index contributed by atoms with van der Waals surface area (Å²) in [6, 6.07) is 0. The first-order valence-corrected chi connectivity index (χ1v) is 5.29. The monoisotopic (exact) mass is 227 g/mol. The van der Waals surface area contributed by atoms with E-state index in [9.17, 15) is 9.59 Å². The predicted molar refractivity (Wildman–Crippen MR) is 58.1 cm³/mol. The number of hydrogen-bond acceptors (Lipinski definition) is 4. The van der Waals surface area contributed by atoms with E-state index in [2.05, 4.69) is 20.0 Å². The summed E-state index contributed by atoms with van der Waals surface area (Å²) in [4.78, 5) is 24.6. The summed E-state index contributed by atoms with van der Waals surface area (Å²) in [6.45, 7) is 6.09. The first kappa shape index (κ1) is 12.5. The molecule has 0 aliphatic heterocycles. The summed E-state index contributed by atoms with van der Waals surface area (Å²) in [6.07, 6.45) is 1.32. The molecule has 1 rings (SSSR count). The van der Waals surface area contributed by atoms with Crippen molar-refractivity contribution in [1.82, 2.24) is 15.5 Å². The van der Waals surface area contributed by atoms with E-state index in [1.54, 1.807) is 0 Å². The highest BCUT2D eigenvalue weighted by Crippen LogP contribution is 2.16. The fraction of sp³-hybridized carbons (Fsp3) is 0.700. The molecule has 0 unspecified atom stereocenters. The first-order valence-electron chi connectivity index (χ1n) is 5.29. The summed E-state index contributed by atoms with van der Waals surface area (Å²) in [7, 11) is 0. The number of H-pyrrole nitrogens is 1. The number of hydrogen-bond donors (Lipinski definition) is 2. The van der Waals surface area contributed by atoms with Gasteiger partial charge in [0.25, 0.3) is 0 Å². The highest BCUT2D eigenvalue weighted by atomic mass is 16.5. The Bertz CT molecular complexity index is 405. The van der Waals surface area contributed by atoms with Crippen molar-refractivity contribution in [1.29, 1.82) is 0 Å². The molecule has 1 amide bonds. The van der Waals surface area contributed by atoms with Crippen LogP contribution in [-0.2, 0) is 10.2 Å². The van der Waals surface area contributed by atoms with Crippen LogP contribution in [0.1, 0.15) is 39.4 Å². The molecule has 16 heavy (non-hydrogen) atoms. The van der Waals surface area contributed by atoms with Gasteiger partial charge in [0.2, 0.25) is 5.91 Å². The van der Waals surface area contributed by atoms with Gasteiger partial charge in [-0.05, 0) is 6.42 Å². The van der Waals surface area contributed by atoms with Crippen LogP contribution in [0.25, 0.3) is 0 Å². The van der Waals surface area contributed by atoms with Crippen molar-refractivity contribution in [3.05, 3.63) is 16.4 Å². The van der Waals surface area contributed by atoms with Crippen molar-refractivity contribution in [2.75, 3.05) is 6.54 Å². The number of nitrogens with one attached hydrogen (secondary N) is 2. The SMILES string of the molecule is CCCC(=O)NCC(C)(C)c1noc(=O)[nH]1. The minimum Gasteiger partial charge on any atom is -0.355 e. The smallest absolute Gasteiger partial charge is 0.355 e. The minimum absolute atomic E-state index is 0.00131. The molecule has 0 bridgehead atoms. The van der Waals surface area contributed by atoms with Crippen LogP contribution in [0.4, 0.5) is 0 Å². The molecule has 0 aromatic carbocycles. The standard InChI is InChI=1S/C10H17N3O3/c1-4-5-7(14)11-6-10(2,3)8-12-9(15)16-13-8/h4-6H2,1-3H3,(H,11,14)(H,12,13,15). The second-order valence-corrected chi connectivity index (χ2v) is 4.35. The molecule has 1 heterocycles. The molecule has 6 nitrogen and oxygen atoms in total. The number of nitrogens with zero attached hydrogens (tertiary/aromatic N) is 1. The van der Waals surface area contributed by atoms with Crippen LogP contribution in [0.2, 0.25) is 0 Å². The lowest BCUT2D eigenvalue weighted by atomic mass is 9.92. The number of aromatic amines is 1. The van der Waals surface area contributed by atoms with Gasteiger partial charge in [-0.2, -0.15) is 0 Å². The van der Waals surface area contributed by atoms with E-state index < -0.39 is 11.2 Å². The van der Waals surface area contributed by atoms with Gasteiger partial charge in [0.05, 0.1) is 0 Å².